The van der Waals surface area contributed by atoms with Crippen molar-refractivity contribution in [3.63, 3.8) is 0 Å². The van der Waals surface area contributed by atoms with Crippen molar-refractivity contribution in [1.82, 2.24) is 0 Å². The van der Waals surface area contributed by atoms with Crippen molar-refractivity contribution < 1.29 is 0 Å². The number of anilines is 3. The van der Waals surface area contributed by atoms with Crippen LogP contribution in [0.15, 0.2) is 224 Å². The van der Waals surface area contributed by atoms with Gasteiger partial charge in [-0.25, -0.2) is 0 Å². The lowest BCUT2D eigenvalue weighted by molar-refractivity contribution is 0.550. The highest BCUT2D eigenvalue weighted by Gasteiger charge is 2.49. The van der Waals surface area contributed by atoms with Crippen LogP contribution in [0.4, 0.5) is 17.1 Å². The minimum absolute atomic E-state index is 0.0455. The molecule has 10 aromatic rings. The summed E-state index contributed by atoms with van der Waals surface area (Å²) in [6.45, 7) is 0. The monoisotopic (exact) mass is 803 g/mol. The number of para-hydroxylation sites is 1. The summed E-state index contributed by atoms with van der Waals surface area (Å²) in [4.78, 5) is 2.65. The van der Waals surface area contributed by atoms with Crippen molar-refractivity contribution in [3.8, 4) is 33.4 Å². The second-order valence-electron chi connectivity index (χ2n) is 17.8. The smallest absolute Gasteiger partial charge is 0.0714 e. The normalized spacial score (nSPS) is 15.0. The van der Waals surface area contributed by atoms with Crippen LogP contribution >= 0.6 is 0 Å². The Kier molecular flexibility index (Phi) is 8.06. The third kappa shape index (κ3) is 5.11. The van der Waals surface area contributed by atoms with Crippen LogP contribution in [0.25, 0.3) is 54.9 Å². The van der Waals surface area contributed by atoms with Gasteiger partial charge in [0.2, 0.25) is 0 Å². The fourth-order valence-electron chi connectivity index (χ4n) is 12.4. The molecule has 0 heterocycles. The van der Waals surface area contributed by atoms with E-state index < -0.39 is 5.41 Å². The van der Waals surface area contributed by atoms with Gasteiger partial charge in [-0.05, 0) is 126 Å². The first-order valence-electron chi connectivity index (χ1n) is 22.6. The Bertz CT molecular complexity index is 3370. The molecule has 0 bridgehead atoms. The Morgan fingerprint density at radius 3 is 1.62 bits per heavy atom. The average Bonchev–Trinajstić information content (AvgIpc) is 4.05. The predicted molar refractivity (Wildman–Crippen MR) is 264 cm³/mol. The van der Waals surface area contributed by atoms with Crippen molar-refractivity contribution in [2.24, 2.45) is 0 Å². The average molecular weight is 804 g/mol. The molecular weight excluding hydrogens is 759 g/mol. The van der Waals surface area contributed by atoms with E-state index in [9.17, 15) is 0 Å². The van der Waals surface area contributed by atoms with Crippen LogP contribution in [0.3, 0.4) is 0 Å². The van der Waals surface area contributed by atoms with Crippen LogP contribution < -0.4 is 4.90 Å². The molecule has 0 unspecified atom stereocenters. The SMILES string of the molecule is c1ccc(C2(c3ccccc3)c3ccccc3-c3ccc(N(c4ccccc4-c4cc5ccccc5c5ccccc45)c4cccc5c4C4(CCCC4)c4ccccc4-5)cc32)cc1. The Morgan fingerprint density at radius 2 is 0.873 bits per heavy atom. The zero-order valence-corrected chi connectivity index (χ0v) is 35.1. The van der Waals surface area contributed by atoms with Crippen molar-refractivity contribution in [2.75, 3.05) is 4.90 Å². The summed E-state index contributed by atoms with van der Waals surface area (Å²) in [5, 5.41) is 5.07. The number of fused-ring (bicyclic) bond motifs is 11. The fourth-order valence-corrected chi connectivity index (χ4v) is 12.4. The summed E-state index contributed by atoms with van der Waals surface area (Å²) in [5.74, 6) is 0. The molecule has 0 N–H and O–H groups in total. The number of benzene rings is 10. The van der Waals surface area contributed by atoms with Gasteiger partial charge >= 0.3 is 0 Å². The van der Waals surface area contributed by atoms with Crippen LogP contribution in [0.1, 0.15) is 59.1 Å². The molecule has 0 amide bonds. The molecule has 1 saturated carbocycles. The maximum Gasteiger partial charge on any atom is 0.0714 e. The van der Waals surface area contributed by atoms with Gasteiger partial charge in [-0.3, -0.25) is 0 Å². The summed E-state index contributed by atoms with van der Waals surface area (Å²) < 4.78 is 0. The van der Waals surface area contributed by atoms with E-state index in [1.54, 1.807) is 0 Å². The molecule has 298 valence electrons. The van der Waals surface area contributed by atoms with Gasteiger partial charge in [0.1, 0.15) is 0 Å². The lowest BCUT2D eigenvalue weighted by Crippen LogP contribution is -2.29. The Balaban J connectivity index is 1.14. The second kappa shape index (κ2) is 14.0. The van der Waals surface area contributed by atoms with E-state index in [4.69, 9.17) is 0 Å². The molecule has 1 heteroatoms. The van der Waals surface area contributed by atoms with Crippen molar-refractivity contribution in [3.05, 3.63) is 258 Å². The number of hydrogen-bond donors (Lipinski definition) is 0. The molecule has 0 saturated heterocycles. The van der Waals surface area contributed by atoms with Crippen LogP contribution in [-0.2, 0) is 10.8 Å². The van der Waals surface area contributed by atoms with Gasteiger partial charge in [0.25, 0.3) is 0 Å². The van der Waals surface area contributed by atoms with E-state index >= 15 is 0 Å². The summed E-state index contributed by atoms with van der Waals surface area (Å²) in [5.41, 5.74) is 19.0. The molecule has 0 aliphatic heterocycles. The molecule has 1 spiro atoms. The van der Waals surface area contributed by atoms with Gasteiger partial charge in [0.15, 0.2) is 0 Å². The van der Waals surface area contributed by atoms with Crippen LogP contribution in [0.2, 0.25) is 0 Å². The van der Waals surface area contributed by atoms with E-state index in [0.717, 1.165) is 18.5 Å². The van der Waals surface area contributed by atoms with Gasteiger partial charge in [0.05, 0.1) is 16.8 Å². The molecule has 63 heavy (non-hydrogen) atoms. The third-order valence-electron chi connectivity index (χ3n) is 14.9. The highest BCUT2D eigenvalue weighted by Crippen LogP contribution is 2.62. The van der Waals surface area contributed by atoms with Crippen LogP contribution in [0, 0.1) is 0 Å². The number of nitrogens with zero attached hydrogens (tertiary/aromatic N) is 1. The largest absolute Gasteiger partial charge is 0.310 e. The molecule has 10 aromatic carbocycles. The maximum absolute atomic E-state index is 2.65. The standard InChI is InChI=1S/C62H45N/c1-3-21-43(22-4-1)62(44-23-5-2-6-24-44)56-33-15-12-28-49(56)51-37-36-45(41-57(51)62)63(59-35-19-31-53-50-29-11-14-32-55(50)61(60(53)59)38-17-18-39-61)58-34-16-13-30-52(58)54-40-42-20-7-8-25-46(42)47-26-9-10-27-48(47)54/h1-16,19-37,40-41H,17-18,38-39H2. The molecule has 0 aromatic heterocycles. The topological polar surface area (TPSA) is 3.24 Å². The molecule has 0 atom stereocenters. The van der Waals surface area contributed by atoms with Crippen molar-refractivity contribution >= 4 is 38.6 Å². The third-order valence-corrected chi connectivity index (χ3v) is 14.9. The van der Waals surface area contributed by atoms with Gasteiger partial charge in [0, 0.05) is 16.7 Å². The first kappa shape index (κ1) is 36.2. The molecule has 3 aliphatic rings. The van der Waals surface area contributed by atoms with Crippen molar-refractivity contribution in [1.29, 1.82) is 0 Å². The van der Waals surface area contributed by atoms with Gasteiger partial charge in [-0.15, -0.1) is 0 Å². The van der Waals surface area contributed by atoms with E-state index in [-0.39, 0.29) is 5.41 Å². The first-order chi connectivity index (χ1) is 31.3. The quantitative estimate of drug-likeness (QED) is 0.151. The van der Waals surface area contributed by atoms with Crippen LogP contribution in [0.5, 0.6) is 0 Å². The minimum Gasteiger partial charge on any atom is -0.310 e. The molecule has 1 fully saturated rings. The minimum atomic E-state index is -0.522. The highest BCUT2D eigenvalue weighted by molar-refractivity contribution is 6.15. The van der Waals surface area contributed by atoms with E-state index in [2.05, 4.69) is 229 Å². The number of hydrogen-bond acceptors (Lipinski definition) is 1. The lowest BCUT2D eigenvalue weighted by atomic mass is 9.67. The summed E-state index contributed by atoms with van der Waals surface area (Å²) in [7, 11) is 0. The highest BCUT2D eigenvalue weighted by atomic mass is 15.1. The summed E-state index contributed by atoms with van der Waals surface area (Å²) in [6, 6.07) is 84.7. The maximum atomic E-state index is 2.65. The summed E-state index contributed by atoms with van der Waals surface area (Å²) in [6.07, 6.45) is 4.78. The Morgan fingerprint density at radius 1 is 0.333 bits per heavy atom. The molecule has 0 radical (unpaired) electrons. The zero-order valence-electron chi connectivity index (χ0n) is 35.1. The van der Waals surface area contributed by atoms with Gasteiger partial charge in [-0.2, -0.15) is 0 Å². The van der Waals surface area contributed by atoms with Crippen molar-refractivity contribution in [2.45, 2.75) is 36.5 Å². The zero-order chi connectivity index (χ0) is 41.5. The van der Waals surface area contributed by atoms with Gasteiger partial charge in [-0.1, -0.05) is 207 Å². The number of rotatable bonds is 6. The Labute approximate surface area is 369 Å². The first-order valence-corrected chi connectivity index (χ1v) is 22.6. The van der Waals surface area contributed by atoms with E-state index in [0.29, 0.717) is 0 Å². The van der Waals surface area contributed by atoms with E-state index in [1.165, 1.54) is 113 Å². The molecular formula is C62H45N. The molecule has 13 rings (SSSR count). The lowest BCUT2D eigenvalue weighted by Gasteiger charge is -2.37. The predicted octanol–water partition coefficient (Wildman–Crippen LogP) is 16.3. The summed E-state index contributed by atoms with van der Waals surface area (Å²) >= 11 is 0. The van der Waals surface area contributed by atoms with Crippen LogP contribution in [-0.4, -0.2) is 0 Å². The van der Waals surface area contributed by atoms with E-state index in [1.807, 2.05) is 0 Å². The second-order valence-corrected chi connectivity index (χ2v) is 17.8. The fraction of sp³-hybridized carbons (Fsp3) is 0.0968. The Hall–Kier alpha value is -7.48. The van der Waals surface area contributed by atoms with Gasteiger partial charge < -0.3 is 4.90 Å². The molecule has 1 nitrogen and oxygen atoms in total. The molecule has 3 aliphatic carbocycles.